The lowest BCUT2D eigenvalue weighted by atomic mass is 9.94. The van der Waals surface area contributed by atoms with Gasteiger partial charge in [0.2, 0.25) is 5.91 Å². The summed E-state index contributed by atoms with van der Waals surface area (Å²) in [4.78, 5) is 25.9. The Kier molecular flexibility index (Phi) is 5.57. The molecule has 9 nitrogen and oxygen atoms in total. The van der Waals surface area contributed by atoms with Crippen molar-refractivity contribution in [2.24, 2.45) is 0 Å². The number of thioether (sulfide) groups is 1. The Balaban J connectivity index is 1.59. The molecule has 0 aliphatic carbocycles. The van der Waals surface area contributed by atoms with Gasteiger partial charge in [0.1, 0.15) is 11.6 Å². The molecule has 1 saturated heterocycles. The van der Waals surface area contributed by atoms with Gasteiger partial charge in [-0.1, -0.05) is 0 Å². The molecule has 1 amide bonds. The molecule has 1 aromatic carbocycles. The summed E-state index contributed by atoms with van der Waals surface area (Å²) >= 11 is 1.43. The molecule has 0 radical (unpaired) electrons. The zero-order valence-corrected chi connectivity index (χ0v) is 19.6. The summed E-state index contributed by atoms with van der Waals surface area (Å²) in [5.41, 5.74) is 2.65. The number of hydrogen-bond donors (Lipinski definition) is 3. The predicted octanol–water partition coefficient (Wildman–Crippen LogP) is 3.48. The molecule has 0 saturated carbocycles. The smallest absolute Gasteiger partial charge is 0.270 e. The number of carbonyl (C=O) groups excluding carboxylic acids is 1. The third kappa shape index (κ3) is 4.08. The first-order valence-corrected chi connectivity index (χ1v) is 12.0. The van der Waals surface area contributed by atoms with Crippen molar-refractivity contribution in [3.63, 3.8) is 0 Å². The van der Waals surface area contributed by atoms with Crippen LogP contribution in [0.5, 0.6) is 5.75 Å². The summed E-state index contributed by atoms with van der Waals surface area (Å²) in [5, 5.41) is 13.0. The van der Waals surface area contributed by atoms with Crippen LogP contribution in [0.15, 0.2) is 35.3 Å². The number of nitrogens with zero attached hydrogens (tertiary/aromatic N) is 2. The summed E-state index contributed by atoms with van der Waals surface area (Å²) in [6, 6.07) is 7.68. The van der Waals surface area contributed by atoms with Crippen molar-refractivity contribution >= 4 is 23.5 Å². The van der Waals surface area contributed by atoms with Crippen LogP contribution in [0.2, 0.25) is 0 Å². The summed E-state index contributed by atoms with van der Waals surface area (Å²) < 4.78 is 13.0. The van der Waals surface area contributed by atoms with Crippen LogP contribution in [0, 0.1) is 0 Å². The minimum atomic E-state index is -0.354. The lowest BCUT2D eigenvalue weighted by molar-refractivity contribution is -0.113. The van der Waals surface area contributed by atoms with Gasteiger partial charge in [0.25, 0.3) is 5.56 Å². The quantitative estimate of drug-likeness (QED) is 0.539. The van der Waals surface area contributed by atoms with E-state index >= 15 is 0 Å². The van der Waals surface area contributed by atoms with Gasteiger partial charge in [-0.05, 0) is 51.0 Å². The second kappa shape index (κ2) is 8.42. The number of methoxy groups -OCH3 is 1. The molecule has 2 atom stereocenters. The fourth-order valence-corrected chi connectivity index (χ4v) is 5.80. The second-order valence-electron chi connectivity index (χ2n) is 9.00. The standard InChI is InChI=1S/C23H27N5O4S/c1-23(2)10-14(8-9-32-23)28-21-18(22(30)27-28)20(33-12-17(29)25-21)16-11-24-26-19(16)13-4-6-15(31-3)7-5-13/h4-7,11,14,20H,8-10,12H2,1-3H3,(H,24,26)(H,25,29)(H,27,30)/t14-,20-/m1/s1. The minimum absolute atomic E-state index is 0.0275. The summed E-state index contributed by atoms with van der Waals surface area (Å²) in [7, 11) is 1.63. The highest BCUT2D eigenvalue weighted by molar-refractivity contribution is 8.00. The largest absolute Gasteiger partial charge is 0.497 e. The van der Waals surface area contributed by atoms with E-state index in [1.165, 1.54) is 11.8 Å². The SMILES string of the molecule is COc1ccc(-c2[nH]ncc2[C@H]2SCC(=O)Nc3c2c(=O)[nH]n3[C@@H]2CCOC(C)(C)C2)cc1. The average molecular weight is 470 g/mol. The molecule has 1 fully saturated rings. The fraction of sp³-hybridized carbons (Fsp3) is 0.435. The van der Waals surface area contributed by atoms with Gasteiger partial charge >= 0.3 is 0 Å². The van der Waals surface area contributed by atoms with E-state index in [0.29, 0.717) is 18.0 Å². The molecular weight excluding hydrogens is 442 g/mol. The van der Waals surface area contributed by atoms with Crippen LogP contribution < -0.4 is 15.6 Å². The van der Waals surface area contributed by atoms with Gasteiger partial charge in [-0.2, -0.15) is 5.10 Å². The highest BCUT2D eigenvalue weighted by Crippen LogP contribution is 2.44. The molecule has 2 aromatic heterocycles. The molecule has 4 heterocycles. The monoisotopic (exact) mass is 469 g/mol. The number of hydrogen-bond acceptors (Lipinski definition) is 6. The summed E-state index contributed by atoms with van der Waals surface area (Å²) in [5.74, 6) is 1.42. The van der Waals surface area contributed by atoms with E-state index < -0.39 is 0 Å². The number of anilines is 1. The van der Waals surface area contributed by atoms with Crippen LogP contribution in [0.1, 0.15) is 49.1 Å². The van der Waals surface area contributed by atoms with Crippen LogP contribution in [0.3, 0.4) is 0 Å². The summed E-state index contributed by atoms with van der Waals surface area (Å²) in [6.45, 7) is 4.69. The van der Waals surface area contributed by atoms with Gasteiger partial charge in [-0.25, -0.2) is 0 Å². The molecule has 33 heavy (non-hydrogen) atoms. The Morgan fingerprint density at radius 3 is 2.76 bits per heavy atom. The number of carbonyl (C=O) groups is 1. The van der Waals surface area contributed by atoms with Crippen molar-refractivity contribution in [1.29, 1.82) is 0 Å². The number of ether oxygens (including phenoxy) is 2. The zero-order chi connectivity index (χ0) is 23.2. The van der Waals surface area contributed by atoms with Crippen molar-refractivity contribution in [2.45, 2.75) is 43.6 Å². The molecule has 0 spiro atoms. The highest BCUT2D eigenvalue weighted by Gasteiger charge is 2.37. The first kappa shape index (κ1) is 21.8. The van der Waals surface area contributed by atoms with Crippen molar-refractivity contribution < 1.29 is 14.3 Å². The molecule has 5 rings (SSSR count). The maximum Gasteiger partial charge on any atom is 0.270 e. The molecule has 0 bridgehead atoms. The van der Waals surface area contributed by atoms with Crippen LogP contribution in [-0.4, -0.2) is 51.0 Å². The van der Waals surface area contributed by atoms with E-state index in [-0.39, 0.29) is 34.1 Å². The van der Waals surface area contributed by atoms with Crippen LogP contribution in [-0.2, 0) is 9.53 Å². The molecule has 174 valence electrons. The number of aromatic amines is 2. The van der Waals surface area contributed by atoms with Crippen LogP contribution >= 0.6 is 11.8 Å². The number of benzene rings is 1. The first-order chi connectivity index (χ1) is 15.9. The maximum atomic E-state index is 13.3. The summed E-state index contributed by atoms with van der Waals surface area (Å²) in [6.07, 6.45) is 3.24. The van der Waals surface area contributed by atoms with Crippen molar-refractivity contribution in [2.75, 3.05) is 24.8 Å². The van der Waals surface area contributed by atoms with Crippen molar-refractivity contribution in [3.8, 4) is 17.0 Å². The normalized spacial score (nSPS) is 22.3. The van der Waals surface area contributed by atoms with Gasteiger partial charge in [-0.15, -0.1) is 11.8 Å². The van der Waals surface area contributed by atoms with Gasteiger partial charge in [0.05, 0.1) is 47.2 Å². The molecule has 2 aliphatic rings. The van der Waals surface area contributed by atoms with Crippen LogP contribution in [0.4, 0.5) is 5.82 Å². The van der Waals surface area contributed by atoms with Gasteiger partial charge in [0, 0.05) is 17.7 Å². The van der Waals surface area contributed by atoms with E-state index in [1.807, 2.05) is 42.8 Å². The Bertz CT molecular complexity index is 1230. The highest BCUT2D eigenvalue weighted by atomic mass is 32.2. The third-order valence-corrected chi connectivity index (χ3v) is 7.48. The average Bonchev–Trinajstić information content (AvgIpc) is 3.35. The Labute approximate surface area is 195 Å². The van der Waals surface area contributed by atoms with E-state index in [4.69, 9.17) is 9.47 Å². The van der Waals surface area contributed by atoms with E-state index in [9.17, 15) is 9.59 Å². The van der Waals surface area contributed by atoms with E-state index in [0.717, 1.165) is 35.4 Å². The molecule has 2 aliphatic heterocycles. The second-order valence-corrected chi connectivity index (χ2v) is 10.1. The molecule has 3 aromatic rings. The van der Waals surface area contributed by atoms with Gasteiger partial charge in [-0.3, -0.25) is 24.5 Å². The Hall–Kier alpha value is -2.98. The predicted molar refractivity (Wildman–Crippen MR) is 127 cm³/mol. The molecular formula is C23H27N5O4S. The Morgan fingerprint density at radius 2 is 2.03 bits per heavy atom. The topological polar surface area (TPSA) is 114 Å². The fourth-order valence-electron chi connectivity index (χ4n) is 4.67. The number of nitrogens with one attached hydrogen (secondary N) is 3. The lowest BCUT2D eigenvalue weighted by Crippen LogP contribution is -2.36. The lowest BCUT2D eigenvalue weighted by Gasteiger charge is -2.36. The molecule has 0 unspecified atom stereocenters. The Morgan fingerprint density at radius 1 is 1.24 bits per heavy atom. The molecule has 10 heteroatoms. The molecule has 3 N–H and O–H groups in total. The van der Waals surface area contributed by atoms with E-state index in [1.54, 1.807) is 13.3 Å². The van der Waals surface area contributed by atoms with Gasteiger partial charge in [0.15, 0.2) is 0 Å². The zero-order valence-electron chi connectivity index (χ0n) is 18.8. The number of fused-ring (bicyclic) bond motifs is 1. The number of amides is 1. The number of rotatable bonds is 4. The minimum Gasteiger partial charge on any atom is -0.497 e. The van der Waals surface area contributed by atoms with Crippen molar-refractivity contribution in [3.05, 3.63) is 51.9 Å². The van der Waals surface area contributed by atoms with E-state index in [2.05, 4.69) is 20.6 Å². The first-order valence-electron chi connectivity index (χ1n) is 10.9. The van der Waals surface area contributed by atoms with Crippen LogP contribution in [0.25, 0.3) is 11.3 Å². The maximum absolute atomic E-state index is 13.3. The van der Waals surface area contributed by atoms with Gasteiger partial charge < -0.3 is 14.8 Å². The number of H-pyrrole nitrogens is 2. The number of aromatic nitrogens is 4. The van der Waals surface area contributed by atoms with Crippen molar-refractivity contribution in [1.82, 2.24) is 20.0 Å². The third-order valence-electron chi connectivity index (χ3n) is 6.23.